The summed E-state index contributed by atoms with van der Waals surface area (Å²) in [6.07, 6.45) is 0. The van der Waals surface area contributed by atoms with E-state index in [2.05, 4.69) is 37.2 Å². The number of nitrogens with one attached hydrogen (secondary N) is 1. The van der Waals surface area contributed by atoms with E-state index in [9.17, 15) is 4.79 Å². The Labute approximate surface area is 175 Å². The topological polar surface area (TPSA) is 32.3 Å². The summed E-state index contributed by atoms with van der Waals surface area (Å²) in [6, 6.07) is 27.3. The van der Waals surface area contributed by atoms with Crippen LogP contribution in [0.1, 0.15) is 11.6 Å². The zero-order valence-corrected chi connectivity index (χ0v) is 17.4. The van der Waals surface area contributed by atoms with Crippen molar-refractivity contribution in [3.8, 4) is 0 Å². The first kappa shape index (κ1) is 18.0. The summed E-state index contributed by atoms with van der Waals surface area (Å²) in [5.41, 5.74) is 3.32. The number of hydrogen-bond acceptors (Lipinski definition) is 2. The van der Waals surface area contributed by atoms with Gasteiger partial charge in [-0.05, 0) is 42.0 Å². The smallest absolute Gasteiger partial charge is 0.276 e. The molecule has 1 atom stereocenters. The molecular formula is C22H16Br2N2O. The number of carbonyl (C=O) groups excluding carboxylic acids is 1. The molecule has 0 bridgehead atoms. The molecule has 3 nitrogen and oxygen atoms in total. The molecule has 0 aromatic heterocycles. The molecule has 0 saturated carbocycles. The Balaban J connectivity index is 1.77. The van der Waals surface area contributed by atoms with Crippen LogP contribution in [0.15, 0.2) is 99.6 Å². The average molecular weight is 484 g/mol. The third-order valence-corrected chi connectivity index (χ3v) is 5.79. The van der Waals surface area contributed by atoms with Crippen molar-refractivity contribution < 1.29 is 4.79 Å². The first-order chi connectivity index (χ1) is 13.1. The minimum atomic E-state index is -0.209. The largest absolute Gasteiger partial charge is 0.350 e. The lowest BCUT2D eigenvalue weighted by molar-refractivity contribution is -0.114. The molecule has 1 amide bonds. The molecule has 0 radical (unpaired) electrons. The lowest BCUT2D eigenvalue weighted by atomic mass is 10.1. The van der Waals surface area contributed by atoms with E-state index < -0.39 is 0 Å². The van der Waals surface area contributed by atoms with E-state index in [0.717, 1.165) is 25.9 Å². The Kier molecular flexibility index (Phi) is 5.14. The predicted octanol–water partition coefficient (Wildman–Crippen LogP) is 6.26. The van der Waals surface area contributed by atoms with Crippen molar-refractivity contribution in [2.24, 2.45) is 0 Å². The minimum Gasteiger partial charge on any atom is -0.350 e. The van der Waals surface area contributed by atoms with E-state index in [1.807, 2.05) is 89.8 Å². The predicted molar refractivity (Wildman–Crippen MR) is 117 cm³/mol. The molecule has 3 aromatic rings. The number of hydrogen-bond donors (Lipinski definition) is 1. The highest BCUT2D eigenvalue weighted by Gasteiger charge is 2.40. The van der Waals surface area contributed by atoms with E-state index in [1.165, 1.54) is 0 Å². The van der Waals surface area contributed by atoms with Crippen molar-refractivity contribution in [2.75, 3.05) is 10.2 Å². The second-order valence-corrected chi connectivity index (χ2v) is 7.95. The van der Waals surface area contributed by atoms with Crippen LogP contribution in [-0.2, 0) is 4.79 Å². The second kappa shape index (κ2) is 7.71. The van der Waals surface area contributed by atoms with Crippen LogP contribution < -0.4 is 10.2 Å². The van der Waals surface area contributed by atoms with Crippen molar-refractivity contribution in [2.45, 2.75) is 6.04 Å². The van der Waals surface area contributed by atoms with Crippen molar-refractivity contribution in [3.63, 3.8) is 0 Å². The Morgan fingerprint density at radius 2 is 1.37 bits per heavy atom. The number of benzene rings is 3. The van der Waals surface area contributed by atoms with Crippen molar-refractivity contribution in [3.05, 3.63) is 105 Å². The number of rotatable bonds is 4. The molecule has 27 heavy (non-hydrogen) atoms. The second-order valence-electron chi connectivity index (χ2n) is 6.18. The molecule has 0 saturated heterocycles. The normalized spacial score (nSPS) is 16.7. The zero-order valence-electron chi connectivity index (χ0n) is 14.3. The fourth-order valence-electron chi connectivity index (χ4n) is 3.17. The van der Waals surface area contributed by atoms with Gasteiger partial charge in [0.2, 0.25) is 0 Å². The van der Waals surface area contributed by atoms with Gasteiger partial charge in [-0.1, -0.05) is 80.4 Å². The Morgan fingerprint density at radius 1 is 0.778 bits per heavy atom. The first-order valence-corrected chi connectivity index (χ1v) is 10.1. The number of halogens is 2. The number of anilines is 2. The van der Waals surface area contributed by atoms with Crippen LogP contribution >= 0.6 is 31.9 Å². The SMILES string of the molecule is O=C1C(Nc2ccc(Br)cc2)=C(Br)C(c2ccccc2)N1c1ccccc1. The summed E-state index contributed by atoms with van der Waals surface area (Å²) in [7, 11) is 0. The maximum Gasteiger partial charge on any atom is 0.276 e. The van der Waals surface area contributed by atoms with Gasteiger partial charge < -0.3 is 5.32 Å². The Morgan fingerprint density at radius 3 is 2.00 bits per heavy atom. The molecule has 0 spiro atoms. The molecule has 3 aromatic carbocycles. The zero-order chi connectivity index (χ0) is 18.8. The highest BCUT2D eigenvalue weighted by Crippen LogP contribution is 2.43. The lowest BCUT2D eigenvalue weighted by Crippen LogP contribution is -2.30. The average Bonchev–Trinajstić information content (AvgIpc) is 2.95. The Hall–Kier alpha value is -2.37. The summed E-state index contributed by atoms with van der Waals surface area (Å²) in [4.78, 5) is 15.2. The monoisotopic (exact) mass is 482 g/mol. The molecule has 0 aliphatic carbocycles. The van der Waals surface area contributed by atoms with Crippen LogP contribution in [0, 0.1) is 0 Å². The Bertz CT molecular complexity index is 986. The number of para-hydroxylation sites is 1. The van der Waals surface area contributed by atoms with Crippen LogP contribution in [0.4, 0.5) is 11.4 Å². The van der Waals surface area contributed by atoms with E-state index in [-0.39, 0.29) is 11.9 Å². The van der Waals surface area contributed by atoms with E-state index in [0.29, 0.717) is 5.70 Å². The molecule has 0 fully saturated rings. The molecule has 1 unspecified atom stereocenters. The highest BCUT2D eigenvalue weighted by molar-refractivity contribution is 9.11. The van der Waals surface area contributed by atoms with Crippen LogP contribution in [0.2, 0.25) is 0 Å². The number of nitrogens with zero attached hydrogens (tertiary/aromatic N) is 1. The summed E-state index contributed by atoms with van der Waals surface area (Å²) in [5.74, 6) is -0.0650. The highest BCUT2D eigenvalue weighted by atomic mass is 79.9. The summed E-state index contributed by atoms with van der Waals surface area (Å²) >= 11 is 7.14. The summed E-state index contributed by atoms with van der Waals surface area (Å²) in [6.45, 7) is 0. The summed E-state index contributed by atoms with van der Waals surface area (Å²) in [5, 5.41) is 3.29. The fourth-order valence-corrected chi connectivity index (χ4v) is 4.17. The van der Waals surface area contributed by atoms with Gasteiger partial charge in [-0.3, -0.25) is 9.69 Å². The van der Waals surface area contributed by atoms with Gasteiger partial charge in [-0.2, -0.15) is 0 Å². The maximum atomic E-state index is 13.3. The van der Waals surface area contributed by atoms with Gasteiger partial charge in [0.05, 0.1) is 10.5 Å². The van der Waals surface area contributed by atoms with Gasteiger partial charge in [-0.15, -0.1) is 0 Å². The fraction of sp³-hybridized carbons (Fsp3) is 0.0455. The van der Waals surface area contributed by atoms with Gasteiger partial charge in [0.25, 0.3) is 5.91 Å². The third kappa shape index (κ3) is 3.57. The van der Waals surface area contributed by atoms with Crippen LogP contribution in [0.3, 0.4) is 0 Å². The van der Waals surface area contributed by atoms with E-state index >= 15 is 0 Å². The van der Waals surface area contributed by atoms with E-state index in [1.54, 1.807) is 0 Å². The lowest BCUT2D eigenvalue weighted by Gasteiger charge is -2.26. The first-order valence-electron chi connectivity index (χ1n) is 8.51. The molecule has 1 heterocycles. The van der Waals surface area contributed by atoms with Crippen LogP contribution in [0.25, 0.3) is 0 Å². The number of amides is 1. The molecule has 1 aliphatic rings. The van der Waals surface area contributed by atoms with Gasteiger partial charge in [-0.25, -0.2) is 0 Å². The van der Waals surface area contributed by atoms with Crippen LogP contribution in [0.5, 0.6) is 0 Å². The molecule has 1 N–H and O–H groups in total. The molecule has 134 valence electrons. The minimum absolute atomic E-state index is 0.0650. The molecule has 4 rings (SSSR count). The van der Waals surface area contributed by atoms with Crippen molar-refractivity contribution in [1.82, 2.24) is 0 Å². The number of carbonyl (C=O) groups is 1. The molecule has 1 aliphatic heterocycles. The maximum absolute atomic E-state index is 13.3. The van der Waals surface area contributed by atoms with E-state index in [4.69, 9.17) is 0 Å². The van der Waals surface area contributed by atoms with Crippen LogP contribution in [-0.4, -0.2) is 5.91 Å². The van der Waals surface area contributed by atoms with Crippen molar-refractivity contribution in [1.29, 1.82) is 0 Å². The standard InChI is InChI=1S/C22H16Br2N2O/c23-16-11-13-17(14-12-16)25-20-19(24)21(15-7-3-1-4-8-15)26(22(20)27)18-9-5-2-6-10-18/h1-14,21,25H. The van der Waals surface area contributed by atoms with Gasteiger partial charge in [0, 0.05) is 15.8 Å². The van der Waals surface area contributed by atoms with Gasteiger partial charge >= 0.3 is 0 Å². The summed E-state index contributed by atoms with van der Waals surface area (Å²) < 4.78 is 1.82. The molecular weight excluding hydrogens is 468 g/mol. The van der Waals surface area contributed by atoms with Crippen molar-refractivity contribution >= 4 is 49.1 Å². The van der Waals surface area contributed by atoms with Gasteiger partial charge in [0.15, 0.2) is 0 Å². The quantitative estimate of drug-likeness (QED) is 0.475. The third-order valence-electron chi connectivity index (χ3n) is 4.43. The molecule has 5 heteroatoms. The van der Waals surface area contributed by atoms with Gasteiger partial charge in [0.1, 0.15) is 5.70 Å².